The first-order valence-corrected chi connectivity index (χ1v) is 45.0. The van der Waals surface area contributed by atoms with Crippen LogP contribution in [0, 0.1) is 5.82 Å². The number of rotatable bonds is 17. The number of nitrogens with one attached hydrogen (secondary N) is 12. The van der Waals surface area contributed by atoms with Crippen LogP contribution in [-0.2, 0) is 63.4 Å². The molecule has 6 aromatic carbocycles. The molecule has 0 radical (unpaired) electrons. The van der Waals surface area contributed by atoms with Gasteiger partial charge in [-0.25, -0.2) is 33.2 Å². The second-order valence-corrected chi connectivity index (χ2v) is 34.5. The van der Waals surface area contributed by atoms with E-state index in [0.29, 0.717) is 90.3 Å². The van der Waals surface area contributed by atoms with Crippen LogP contribution in [-0.4, -0.2) is 143 Å². The number of H-pyrrole nitrogens is 6. The number of anilines is 6. The van der Waals surface area contributed by atoms with E-state index in [9.17, 15) is 46.3 Å². The highest BCUT2D eigenvalue weighted by Crippen LogP contribution is 2.51. The molecule has 720 valence electrons. The average Bonchev–Trinajstić information content (AvgIpc) is 1.58. The molecule has 12 aromatic rings. The lowest BCUT2D eigenvalue weighted by molar-refractivity contribution is -0.150. The fourth-order valence-corrected chi connectivity index (χ4v) is 17.8. The number of allylic oxidation sites excluding steroid dienone is 6. The van der Waals surface area contributed by atoms with Gasteiger partial charge in [0.15, 0.2) is 0 Å². The van der Waals surface area contributed by atoms with Gasteiger partial charge in [0.1, 0.15) is 52.1 Å². The second kappa shape index (κ2) is 43.8. The van der Waals surface area contributed by atoms with Crippen molar-refractivity contribution < 1.29 is 79.5 Å². The summed E-state index contributed by atoms with van der Waals surface area (Å²) >= 11 is 19.1. The number of ether oxygens (including phenoxy) is 7. The number of para-hydroxylation sites is 1. The van der Waals surface area contributed by atoms with Gasteiger partial charge in [0.2, 0.25) is 0 Å². The Balaban J connectivity index is 0.000000140. The maximum atomic E-state index is 14.4. The molecule has 6 aliphatic rings. The van der Waals surface area contributed by atoms with Gasteiger partial charge in [-0.05, 0) is 156 Å². The van der Waals surface area contributed by atoms with Crippen molar-refractivity contribution in [2.45, 2.75) is 150 Å². The van der Waals surface area contributed by atoms with Crippen molar-refractivity contribution in [2.75, 3.05) is 65.9 Å². The van der Waals surface area contributed by atoms with Crippen molar-refractivity contribution in [3.63, 3.8) is 0 Å². The van der Waals surface area contributed by atoms with E-state index in [-0.39, 0.29) is 77.2 Å². The zero-order valence-electron chi connectivity index (χ0n) is 78.1. The first-order valence-electron chi connectivity index (χ1n) is 43.9. The molecule has 0 spiro atoms. The Bertz CT molecular complexity index is 6750. The van der Waals surface area contributed by atoms with Gasteiger partial charge in [-0.1, -0.05) is 144 Å². The topological polar surface area (TPSA) is 411 Å². The van der Waals surface area contributed by atoms with E-state index in [2.05, 4.69) is 93.1 Å². The number of benzene rings is 6. The quantitative estimate of drug-likeness (QED) is 0.0229. The summed E-state index contributed by atoms with van der Waals surface area (Å²) in [5, 5.41) is 62.0. The lowest BCUT2D eigenvalue weighted by Crippen LogP contribution is -2.30. The van der Waals surface area contributed by atoms with E-state index in [0.717, 1.165) is 108 Å². The molecule has 6 aromatic heterocycles. The number of hydrogen-bond acceptors (Lipinski definition) is 25. The minimum Gasteiger partial charge on any atom is -0.496 e. The van der Waals surface area contributed by atoms with Crippen molar-refractivity contribution in [3.8, 4) is 5.75 Å². The van der Waals surface area contributed by atoms with Crippen LogP contribution in [0.3, 0.4) is 0 Å². The number of aromatic nitrogens is 12. The van der Waals surface area contributed by atoms with Crippen LogP contribution >= 0.6 is 34.8 Å². The Labute approximate surface area is 807 Å². The molecule has 0 saturated heterocycles. The first-order chi connectivity index (χ1) is 66.0. The normalized spacial score (nSPS) is 17.0. The van der Waals surface area contributed by atoms with E-state index in [4.69, 9.17) is 68.0 Å². The maximum absolute atomic E-state index is 14.4. The molecule has 0 aliphatic carbocycles. The van der Waals surface area contributed by atoms with Crippen molar-refractivity contribution in [1.82, 2.24) is 61.2 Å². The molecule has 0 fully saturated rings. The fraction of sp³-hybridized carbons (Fsp3) is 0.280. The van der Waals surface area contributed by atoms with Crippen LogP contribution in [0.5, 0.6) is 5.75 Å². The zero-order valence-corrected chi connectivity index (χ0v) is 80.4. The van der Waals surface area contributed by atoms with Crippen LogP contribution in [0.4, 0.5) is 52.5 Å². The van der Waals surface area contributed by atoms with Crippen molar-refractivity contribution in [2.24, 2.45) is 0 Å². The summed E-state index contributed by atoms with van der Waals surface area (Å²) in [5.74, 6) is -0.648. The Morgan fingerprint density at radius 2 is 0.609 bits per heavy atom. The SMILES string of the molecule is CC1=C(C(=O)OC(C)(C)C)C(c2ccccc2Cl)c2cn[nH]c2N1.CC1=C(C(=O)OC(C)C)C(c2ccccc2F)c2cn[nH]c2N1.CCOC(=O)C1=C(C)Nc2[nH]ncc2C1c1ccccc1C(F)(F)F.CCOC(=O)C1=C(C)Nc2[nH]ncc2C1c1ccccc1Cl.CCOC(=O)C1=C(C)Nc2[nH]ncc2C1c1ccccc1OC.COC(=O)C1=C(C)Nc2[nH]ncc2C1c1ccccc1Cl. The predicted octanol–water partition coefficient (Wildman–Crippen LogP) is 20.7. The van der Waals surface area contributed by atoms with Gasteiger partial charge < -0.3 is 65.1 Å². The smallest absolute Gasteiger partial charge is 0.416 e. The van der Waals surface area contributed by atoms with Gasteiger partial charge in [-0.2, -0.15) is 43.8 Å². The summed E-state index contributed by atoms with van der Waals surface area (Å²) in [5.41, 5.74) is 14.0. The Morgan fingerprint density at radius 1 is 0.348 bits per heavy atom. The van der Waals surface area contributed by atoms with E-state index in [1.165, 1.54) is 37.6 Å². The Morgan fingerprint density at radius 3 is 0.906 bits per heavy atom. The lowest BCUT2D eigenvalue weighted by atomic mass is 9.80. The highest BCUT2D eigenvalue weighted by Gasteiger charge is 2.45. The number of nitrogens with zero attached hydrogens (tertiary/aromatic N) is 6. The highest BCUT2D eigenvalue weighted by molar-refractivity contribution is 6.32. The monoisotopic (exact) mass is 1940 g/mol. The third kappa shape index (κ3) is 21.8. The molecule has 138 heavy (non-hydrogen) atoms. The van der Waals surface area contributed by atoms with Gasteiger partial charge >= 0.3 is 42.0 Å². The van der Waals surface area contributed by atoms with Crippen LogP contribution in [0.2, 0.25) is 15.1 Å². The summed E-state index contributed by atoms with van der Waals surface area (Å²) in [6.07, 6.45) is 5.08. The van der Waals surface area contributed by atoms with Gasteiger partial charge in [0, 0.05) is 117 Å². The fourth-order valence-electron chi connectivity index (χ4n) is 17.1. The van der Waals surface area contributed by atoms with Crippen LogP contribution in [0.25, 0.3) is 0 Å². The van der Waals surface area contributed by atoms with E-state index < -0.39 is 41.1 Å². The third-order valence-corrected chi connectivity index (χ3v) is 23.9. The molecule has 0 bridgehead atoms. The predicted molar refractivity (Wildman–Crippen MR) is 515 cm³/mol. The lowest BCUT2D eigenvalue weighted by Gasteiger charge is -2.30. The molecule has 31 nitrogen and oxygen atoms in total. The molecule has 6 atom stereocenters. The summed E-state index contributed by atoms with van der Waals surface area (Å²) in [7, 11) is 2.99. The second-order valence-electron chi connectivity index (χ2n) is 33.3. The first kappa shape index (κ1) is 100. The van der Waals surface area contributed by atoms with E-state index in [1.807, 2.05) is 146 Å². The van der Waals surface area contributed by atoms with Gasteiger partial charge in [0.25, 0.3) is 0 Å². The molecule has 0 amide bonds. The summed E-state index contributed by atoms with van der Waals surface area (Å²) < 4.78 is 91.8. The summed E-state index contributed by atoms with van der Waals surface area (Å²) in [6.45, 7) is 25.9. The summed E-state index contributed by atoms with van der Waals surface area (Å²) in [4.78, 5) is 75.1. The number of aromatic amines is 6. The zero-order chi connectivity index (χ0) is 99.3. The van der Waals surface area contributed by atoms with Crippen molar-refractivity contribution in [3.05, 3.63) is 344 Å². The number of carbonyl (C=O) groups is 6. The number of fused-ring (bicyclic) bond motifs is 6. The van der Waals surface area contributed by atoms with Gasteiger partial charge in [0.05, 0.1) is 128 Å². The molecule has 6 unspecified atom stereocenters. The molecular weight excluding hydrogens is 1840 g/mol. The van der Waals surface area contributed by atoms with Crippen LogP contribution in [0.1, 0.15) is 205 Å². The molecule has 12 heterocycles. The van der Waals surface area contributed by atoms with Gasteiger partial charge in [-0.3, -0.25) is 30.6 Å². The average molecular weight is 1950 g/mol. The summed E-state index contributed by atoms with van der Waals surface area (Å²) in [6, 6.07) is 41.8. The van der Waals surface area contributed by atoms with Crippen molar-refractivity contribution in [1.29, 1.82) is 0 Å². The Hall–Kier alpha value is -15.0. The molecule has 18 rings (SSSR count). The van der Waals surface area contributed by atoms with Crippen LogP contribution in [0.15, 0.2) is 250 Å². The van der Waals surface area contributed by atoms with Crippen LogP contribution < -0.4 is 36.6 Å². The molecule has 6 aliphatic heterocycles. The maximum Gasteiger partial charge on any atom is 0.416 e. The number of halogens is 7. The molecule has 12 N–H and O–H groups in total. The number of esters is 6. The third-order valence-electron chi connectivity index (χ3n) is 22.9. The van der Waals surface area contributed by atoms with E-state index in [1.54, 1.807) is 105 Å². The standard InChI is InChI=1S/C18H20ClN3O2.C17H16F3N3O2.C17H18FN3O2.C17H19N3O3.C16H16ClN3O2.C15H14ClN3O2/c1-10-14(17(23)24-18(2,3)4)15(11-7-5-6-8-13(11)19)12-9-20-22-16(12)21-10;1-3-25-16(24)13-9(2)22-15-11(8-21-23-15)14(13)10-6-4-5-7-12(10)17(18,19)20;1-9(2)23-17(22)14-10(3)20-16-12(8-19-21-16)15(14)11-6-4-5-7-13(11)18;1-4-23-17(21)14-10(2)19-16-12(9-18-20-16)15(14)11-7-5-6-8-13(11)22-3;1-3-22-16(21)13-9(2)19-15-11(8-18-20-15)14(13)10-6-4-5-7-12(10)17;1-8-12(15(20)21-2)13(9-5-3-4-6-11(9)16)10-7-17-19-14(10)18-8/h5-9,15H,1-4H3,(H2,20,21,22);4-8,14H,3H2,1-2H3,(H2,21,22,23);4-9,15H,1-3H3,(H2,19,20,21);5-9,15H,4H2,1-3H3,(H2,18,19,20);4-8,14H,3H2,1-2H3,(H2,18,19,20);3-7,13H,1-2H3,(H2,17,18,19). The highest BCUT2D eigenvalue weighted by atomic mass is 35.5. The van der Waals surface area contributed by atoms with Gasteiger partial charge in [-0.15, -0.1) is 0 Å². The Kier molecular flexibility index (Phi) is 31.9. The number of methoxy groups -OCH3 is 2. The van der Waals surface area contributed by atoms with Crippen molar-refractivity contribution >= 4 is 106 Å². The van der Waals surface area contributed by atoms with E-state index >= 15 is 0 Å². The number of carbonyl (C=O) groups excluding carboxylic acids is 6. The number of alkyl halides is 3. The largest absolute Gasteiger partial charge is 0.496 e. The minimum absolute atomic E-state index is 0.0125. The number of hydrogen-bond donors (Lipinski definition) is 12. The molecule has 38 heteroatoms. The molecular formula is C100H103Cl3F4N18O13. The minimum atomic E-state index is -4.54. The molecule has 0 saturated carbocycles.